The van der Waals surface area contributed by atoms with Gasteiger partial charge in [-0.15, -0.1) is 0 Å². The van der Waals surface area contributed by atoms with Crippen molar-refractivity contribution in [3.05, 3.63) is 0 Å². The maximum atomic E-state index is 11.6. The summed E-state index contributed by atoms with van der Waals surface area (Å²) in [7, 11) is -3.34. The zero-order chi connectivity index (χ0) is 12.3. The Morgan fingerprint density at radius 1 is 1.38 bits per heavy atom. The molecule has 0 spiro atoms. The molecule has 1 rings (SSSR count). The van der Waals surface area contributed by atoms with Gasteiger partial charge in [0.2, 0.25) is 10.0 Å². The Hall–Kier alpha value is -0.200. The number of thiocarbonyl (C=S) groups is 1. The molecule has 0 aromatic rings. The summed E-state index contributed by atoms with van der Waals surface area (Å²) >= 11 is 4.61. The molecular weight excluding hydrogens is 244 g/mol. The third kappa shape index (κ3) is 4.35. The number of nitrogens with one attached hydrogen (secondary N) is 1. The molecule has 3 N–H and O–H groups in total. The van der Waals surface area contributed by atoms with Crippen LogP contribution in [0.25, 0.3) is 0 Å². The molecule has 1 aliphatic carbocycles. The van der Waals surface area contributed by atoms with Crippen LogP contribution in [0.3, 0.4) is 0 Å². The first kappa shape index (κ1) is 13.9. The molecule has 0 aromatic carbocycles. The van der Waals surface area contributed by atoms with Crippen LogP contribution >= 0.6 is 12.2 Å². The Balaban J connectivity index is 2.52. The van der Waals surface area contributed by atoms with Crippen LogP contribution in [0.2, 0.25) is 0 Å². The topological polar surface area (TPSA) is 72.2 Å². The smallest absolute Gasteiger partial charge is 0.218 e. The van der Waals surface area contributed by atoms with Crippen molar-refractivity contribution in [2.24, 2.45) is 17.6 Å². The van der Waals surface area contributed by atoms with Gasteiger partial charge in [-0.3, -0.25) is 0 Å². The first-order valence-electron chi connectivity index (χ1n) is 5.58. The second kappa shape index (κ2) is 5.42. The first-order valence-corrected chi connectivity index (χ1v) is 7.64. The van der Waals surface area contributed by atoms with Crippen LogP contribution in [0.5, 0.6) is 0 Å². The van der Waals surface area contributed by atoms with Crippen LogP contribution in [-0.4, -0.2) is 25.2 Å². The molecule has 0 aromatic heterocycles. The standard InChI is InChI=1S/C10H20N2O2S2/c1-7-3-4-9(5-8(7)2)12-16(13,14)6-10(11)15/h7-9,12H,3-6H2,1-2H3,(H2,11,15). The minimum Gasteiger partial charge on any atom is -0.392 e. The summed E-state index contributed by atoms with van der Waals surface area (Å²) in [5, 5.41) is 0. The predicted octanol–water partition coefficient (Wildman–Crippen LogP) is 1.02. The fourth-order valence-corrected chi connectivity index (χ4v) is 3.78. The fourth-order valence-electron chi connectivity index (χ4n) is 2.14. The summed E-state index contributed by atoms with van der Waals surface area (Å²) in [6.45, 7) is 4.38. The SMILES string of the molecule is CC1CCC(NS(=O)(=O)CC(N)=S)CC1C. The monoisotopic (exact) mass is 264 g/mol. The third-order valence-corrected chi connectivity index (χ3v) is 4.99. The average Bonchev–Trinajstić information content (AvgIpc) is 2.08. The highest BCUT2D eigenvalue weighted by Gasteiger charge is 2.27. The molecule has 3 unspecified atom stereocenters. The second-order valence-electron chi connectivity index (χ2n) is 4.81. The lowest BCUT2D eigenvalue weighted by Gasteiger charge is -2.32. The van der Waals surface area contributed by atoms with Crippen molar-refractivity contribution in [2.45, 2.75) is 39.2 Å². The third-order valence-electron chi connectivity index (χ3n) is 3.28. The van der Waals surface area contributed by atoms with E-state index in [2.05, 4.69) is 30.8 Å². The number of hydrogen-bond acceptors (Lipinski definition) is 3. The zero-order valence-electron chi connectivity index (χ0n) is 9.77. The predicted molar refractivity (Wildman–Crippen MR) is 69.7 cm³/mol. The molecule has 1 saturated carbocycles. The van der Waals surface area contributed by atoms with Crippen molar-refractivity contribution in [1.82, 2.24) is 4.72 Å². The first-order chi connectivity index (χ1) is 7.30. The lowest BCUT2D eigenvalue weighted by Crippen LogP contribution is -2.42. The Labute approximate surface area is 103 Å². The van der Waals surface area contributed by atoms with Gasteiger partial charge in [0, 0.05) is 6.04 Å². The molecular formula is C10H20N2O2S2. The summed E-state index contributed by atoms with van der Waals surface area (Å²) in [6, 6.07) is 0.0468. The molecule has 0 bridgehead atoms. The van der Waals surface area contributed by atoms with Gasteiger partial charge in [-0.2, -0.15) is 0 Å². The Bertz CT molecular complexity index is 354. The van der Waals surface area contributed by atoms with Crippen molar-refractivity contribution in [3.8, 4) is 0 Å². The molecule has 0 aliphatic heterocycles. The van der Waals surface area contributed by atoms with E-state index in [1.807, 2.05) is 0 Å². The van der Waals surface area contributed by atoms with Crippen LogP contribution < -0.4 is 10.5 Å². The maximum absolute atomic E-state index is 11.6. The van der Waals surface area contributed by atoms with E-state index in [9.17, 15) is 8.42 Å². The molecule has 0 amide bonds. The van der Waals surface area contributed by atoms with Crippen molar-refractivity contribution in [3.63, 3.8) is 0 Å². The molecule has 3 atom stereocenters. The molecule has 1 fully saturated rings. The van der Waals surface area contributed by atoms with Gasteiger partial charge < -0.3 is 5.73 Å². The Morgan fingerprint density at radius 3 is 2.50 bits per heavy atom. The van der Waals surface area contributed by atoms with Gasteiger partial charge in [-0.25, -0.2) is 13.1 Å². The van der Waals surface area contributed by atoms with E-state index in [1.54, 1.807) is 0 Å². The lowest BCUT2D eigenvalue weighted by molar-refractivity contribution is 0.242. The highest BCUT2D eigenvalue weighted by atomic mass is 32.2. The fraction of sp³-hybridized carbons (Fsp3) is 0.900. The minimum absolute atomic E-state index is 0.0183. The van der Waals surface area contributed by atoms with Gasteiger partial charge >= 0.3 is 0 Å². The summed E-state index contributed by atoms with van der Waals surface area (Å²) < 4.78 is 25.9. The van der Waals surface area contributed by atoms with E-state index >= 15 is 0 Å². The zero-order valence-corrected chi connectivity index (χ0v) is 11.4. The van der Waals surface area contributed by atoms with Gasteiger partial charge in [0.1, 0.15) is 5.75 Å². The largest absolute Gasteiger partial charge is 0.392 e. The van der Waals surface area contributed by atoms with E-state index in [0.717, 1.165) is 19.3 Å². The molecule has 6 heteroatoms. The molecule has 0 heterocycles. The highest BCUT2D eigenvalue weighted by Crippen LogP contribution is 2.29. The van der Waals surface area contributed by atoms with Crippen LogP contribution in [0.1, 0.15) is 33.1 Å². The number of sulfonamides is 1. The molecule has 94 valence electrons. The normalized spacial score (nSPS) is 31.2. The van der Waals surface area contributed by atoms with E-state index in [-0.39, 0.29) is 16.8 Å². The van der Waals surface area contributed by atoms with E-state index < -0.39 is 10.0 Å². The molecule has 4 nitrogen and oxygen atoms in total. The quantitative estimate of drug-likeness (QED) is 0.744. The summed E-state index contributed by atoms with van der Waals surface area (Å²) in [6.07, 6.45) is 2.88. The van der Waals surface area contributed by atoms with Gasteiger partial charge in [-0.05, 0) is 31.1 Å². The maximum Gasteiger partial charge on any atom is 0.218 e. The Morgan fingerprint density at radius 2 is 2.00 bits per heavy atom. The number of rotatable bonds is 4. The van der Waals surface area contributed by atoms with E-state index in [0.29, 0.717) is 11.8 Å². The van der Waals surface area contributed by atoms with E-state index in [1.165, 1.54) is 0 Å². The molecule has 0 saturated heterocycles. The van der Waals surface area contributed by atoms with Crippen molar-refractivity contribution in [2.75, 3.05) is 5.75 Å². The van der Waals surface area contributed by atoms with Crippen LogP contribution in [0, 0.1) is 11.8 Å². The molecule has 16 heavy (non-hydrogen) atoms. The average molecular weight is 264 g/mol. The number of nitrogens with two attached hydrogens (primary N) is 1. The minimum atomic E-state index is -3.34. The van der Waals surface area contributed by atoms with Gasteiger partial charge in [0.15, 0.2) is 0 Å². The van der Waals surface area contributed by atoms with Crippen molar-refractivity contribution in [1.29, 1.82) is 0 Å². The lowest BCUT2D eigenvalue weighted by atomic mass is 9.79. The summed E-state index contributed by atoms with van der Waals surface area (Å²) in [5.41, 5.74) is 5.25. The van der Waals surface area contributed by atoms with Gasteiger partial charge in [-0.1, -0.05) is 26.1 Å². The highest BCUT2D eigenvalue weighted by molar-refractivity contribution is 7.92. The van der Waals surface area contributed by atoms with Crippen LogP contribution in [0.15, 0.2) is 0 Å². The van der Waals surface area contributed by atoms with E-state index in [4.69, 9.17) is 5.73 Å². The van der Waals surface area contributed by atoms with Crippen molar-refractivity contribution < 1.29 is 8.42 Å². The van der Waals surface area contributed by atoms with Gasteiger partial charge in [0.05, 0.1) is 4.99 Å². The Kier molecular flexibility index (Phi) is 4.70. The summed E-state index contributed by atoms with van der Waals surface area (Å²) in [4.78, 5) is 0.0183. The van der Waals surface area contributed by atoms with Crippen LogP contribution in [0.4, 0.5) is 0 Å². The number of hydrogen-bond donors (Lipinski definition) is 2. The van der Waals surface area contributed by atoms with Crippen molar-refractivity contribution >= 4 is 27.2 Å². The molecule has 1 aliphatic rings. The second-order valence-corrected chi connectivity index (χ2v) is 7.09. The van der Waals surface area contributed by atoms with Crippen LogP contribution in [-0.2, 0) is 10.0 Å². The summed E-state index contributed by atoms with van der Waals surface area (Å²) in [5.74, 6) is 0.991. The molecule has 0 radical (unpaired) electrons. The van der Waals surface area contributed by atoms with Gasteiger partial charge in [0.25, 0.3) is 0 Å².